The summed E-state index contributed by atoms with van der Waals surface area (Å²) < 4.78 is 27.0. The Morgan fingerprint density at radius 2 is 1.81 bits per heavy atom. The Morgan fingerprint density at radius 3 is 2.41 bits per heavy atom. The van der Waals surface area contributed by atoms with E-state index >= 15 is 0 Å². The first kappa shape index (κ1) is 24.4. The summed E-state index contributed by atoms with van der Waals surface area (Å²) in [5.74, 6) is -0.341. The van der Waals surface area contributed by atoms with Gasteiger partial charge in [0.25, 0.3) is 5.91 Å². The Morgan fingerprint density at radius 1 is 1.12 bits per heavy atom. The van der Waals surface area contributed by atoms with Gasteiger partial charge in [-0.1, -0.05) is 49.7 Å². The average molecular weight is 492 g/mol. The molecule has 3 rings (SSSR count). The van der Waals surface area contributed by atoms with Gasteiger partial charge in [0.1, 0.15) is 4.90 Å². The van der Waals surface area contributed by atoms with E-state index in [1.807, 2.05) is 36.6 Å². The SMILES string of the molecule is CCN(CC)S(=O)(=O)c1cc(C(=O)NCCc2ccc(-c3csc(C)n3)cc2)ccc1Cl. The second kappa shape index (κ2) is 10.6. The molecule has 1 aromatic heterocycles. The predicted octanol–water partition coefficient (Wildman–Crippen LogP) is 4.77. The largest absolute Gasteiger partial charge is 0.352 e. The van der Waals surface area contributed by atoms with E-state index in [1.54, 1.807) is 25.2 Å². The summed E-state index contributed by atoms with van der Waals surface area (Å²) in [5.41, 5.74) is 3.37. The van der Waals surface area contributed by atoms with E-state index in [9.17, 15) is 13.2 Å². The Kier molecular flexibility index (Phi) is 8.05. The summed E-state index contributed by atoms with van der Waals surface area (Å²) >= 11 is 7.76. The minimum Gasteiger partial charge on any atom is -0.352 e. The number of aryl methyl sites for hydroxylation is 1. The Bertz CT molecular complexity index is 1190. The van der Waals surface area contributed by atoms with E-state index in [2.05, 4.69) is 10.3 Å². The van der Waals surface area contributed by atoms with Crippen LogP contribution in [0.1, 0.15) is 34.8 Å². The third kappa shape index (κ3) is 5.56. The molecule has 1 N–H and O–H groups in total. The Balaban J connectivity index is 1.64. The lowest BCUT2D eigenvalue weighted by Crippen LogP contribution is -2.31. The first-order chi connectivity index (χ1) is 15.3. The van der Waals surface area contributed by atoms with Crippen LogP contribution in [0.25, 0.3) is 11.3 Å². The molecule has 1 amide bonds. The van der Waals surface area contributed by atoms with E-state index < -0.39 is 10.0 Å². The number of carbonyl (C=O) groups is 1. The van der Waals surface area contributed by atoms with Crippen molar-refractivity contribution in [2.75, 3.05) is 19.6 Å². The van der Waals surface area contributed by atoms with E-state index in [1.165, 1.54) is 22.5 Å². The van der Waals surface area contributed by atoms with Gasteiger partial charge in [0.2, 0.25) is 10.0 Å². The van der Waals surface area contributed by atoms with Crippen molar-refractivity contribution >= 4 is 38.9 Å². The van der Waals surface area contributed by atoms with Gasteiger partial charge in [0, 0.05) is 36.1 Å². The van der Waals surface area contributed by atoms with Gasteiger partial charge < -0.3 is 5.32 Å². The number of nitrogens with one attached hydrogen (secondary N) is 1. The van der Waals surface area contributed by atoms with E-state index in [4.69, 9.17) is 11.6 Å². The van der Waals surface area contributed by atoms with E-state index in [-0.39, 0.29) is 21.4 Å². The van der Waals surface area contributed by atoms with Crippen LogP contribution in [0.4, 0.5) is 0 Å². The maximum absolute atomic E-state index is 12.8. The van der Waals surface area contributed by atoms with Crippen LogP contribution in [-0.2, 0) is 16.4 Å². The monoisotopic (exact) mass is 491 g/mol. The molecule has 3 aromatic rings. The maximum atomic E-state index is 12.8. The highest BCUT2D eigenvalue weighted by Crippen LogP contribution is 2.26. The van der Waals surface area contributed by atoms with Crippen LogP contribution in [0, 0.1) is 6.92 Å². The molecule has 6 nitrogen and oxygen atoms in total. The highest BCUT2D eigenvalue weighted by molar-refractivity contribution is 7.89. The third-order valence-electron chi connectivity index (χ3n) is 5.08. The summed E-state index contributed by atoms with van der Waals surface area (Å²) in [5, 5.41) is 6.01. The van der Waals surface area contributed by atoms with Crippen molar-refractivity contribution in [1.82, 2.24) is 14.6 Å². The Labute approximate surface area is 198 Å². The number of halogens is 1. The lowest BCUT2D eigenvalue weighted by molar-refractivity contribution is 0.0954. The van der Waals surface area contributed by atoms with Crippen molar-refractivity contribution in [1.29, 1.82) is 0 Å². The summed E-state index contributed by atoms with van der Waals surface area (Å²) in [6.45, 7) is 6.58. The fraction of sp³-hybridized carbons (Fsp3) is 0.304. The van der Waals surface area contributed by atoms with Crippen molar-refractivity contribution in [2.24, 2.45) is 0 Å². The molecule has 9 heteroatoms. The van der Waals surface area contributed by atoms with Gasteiger partial charge in [-0.2, -0.15) is 4.31 Å². The zero-order valence-corrected chi connectivity index (χ0v) is 20.6. The first-order valence-electron chi connectivity index (χ1n) is 10.4. The molecule has 0 bridgehead atoms. The van der Waals surface area contributed by atoms with Crippen LogP contribution >= 0.6 is 22.9 Å². The highest BCUT2D eigenvalue weighted by atomic mass is 35.5. The average Bonchev–Trinajstić information content (AvgIpc) is 3.21. The number of sulfonamides is 1. The first-order valence-corrected chi connectivity index (χ1v) is 13.0. The van der Waals surface area contributed by atoms with Crippen molar-refractivity contribution in [3.05, 3.63) is 69.0 Å². The van der Waals surface area contributed by atoms with Crippen molar-refractivity contribution in [2.45, 2.75) is 32.1 Å². The zero-order chi connectivity index (χ0) is 23.3. The summed E-state index contributed by atoms with van der Waals surface area (Å²) in [6, 6.07) is 12.4. The topological polar surface area (TPSA) is 79.4 Å². The van der Waals surface area contributed by atoms with Gasteiger partial charge in [-0.3, -0.25) is 4.79 Å². The number of amides is 1. The number of carbonyl (C=O) groups excluding carboxylic acids is 1. The summed E-state index contributed by atoms with van der Waals surface area (Å²) in [6.07, 6.45) is 0.653. The molecule has 0 aliphatic rings. The fourth-order valence-electron chi connectivity index (χ4n) is 3.31. The molecule has 0 aliphatic heterocycles. The standard InChI is InChI=1S/C23H26ClN3O3S2/c1-4-27(5-2)32(29,30)22-14-19(10-11-20(22)24)23(28)25-13-12-17-6-8-18(9-7-17)21-15-31-16(3)26-21/h6-11,14-15H,4-5,12-13H2,1-3H3,(H,25,28). The number of benzene rings is 2. The zero-order valence-electron chi connectivity index (χ0n) is 18.3. The minimum atomic E-state index is -3.76. The molecule has 0 saturated carbocycles. The van der Waals surface area contributed by atoms with Crippen LogP contribution in [0.5, 0.6) is 0 Å². The molecule has 0 saturated heterocycles. The van der Waals surface area contributed by atoms with Gasteiger partial charge in [-0.15, -0.1) is 11.3 Å². The maximum Gasteiger partial charge on any atom is 0.251 e. The fourth-order valence-corrected chi connectivity index (χ4v) is 5.89. The second-order valence-electron chi connectivity index (χ2n) is 7.19. The van der Waals surface area contributed by atoms with E-state index in [0.29, 0.717) is 26.1 Å². The number of hydrogen-bond donors (Lipinski definition) is 1. The number of nitrogens with zero attached hydrogens (tertiary/aromatic N) is 2. The minimum absolute atomic E-state index is 0.0524. The lowest BCUT2D eigenvalue weighted by atomic mass is 10.1. The molecule has 32 heavy (non-hydrogen) atoms. The molecule has 1 heterocycles. The quantitative estimate of drug-likeness (QED) is 0.467. The molecule has 0 spiro atoms. The number of aromatic nitrogens is 1. The van der Waals surface area contributed by atoms with Crippen molar-refractivity contribution < 1.29 is 13.2 Å². The van der Waals surface area contributed by atoms with Gasteiger partial charge >= 0.3 is 0 Å². The number of rotatable bonds is 9. The second-order valence-corrected chi connectivity index (χ2v) is 10.6. The van der Waals surface area contributed by atoms with Crippen LogP contribution in [0.2, 0.25) is 5.02 Å². The van der Waals surface area contributed by atoms with Crippen LogP contribution in [-0.4, -0.2) is 43.2 Å². The van der Waals surface area contributed by atoms with Gasteiger partial charge in [-0.05, 0) is 37.1 Å². The van der Waals surface area contributed by atoms with Crippen LogP contribution in [0.3, 0.4) is 0 Å². The molecule has 0 aliphatic carbocycles. The smallest absolute Gasteiger partial charge is 0.251 e. The highest BCUT2D eigenvalue weighted by Gasteiger charge is 2.25. The summed E-state index contributed by atoms with van der Waals surface area (Å²) in [4.78, 5) is 17.0. The molecule has 0 radical (unpaired) electrons. The van der Waals surface area contributed by atoms with Crippen LogP contribution in [0.15, 0.2) is 52.7 Å². The normalized spacial score (nSPS) is 11.7. The molecule has 170 valence electrons. The van der Waals surface area contributed by atoms with Gasteiger partial charge in [0.15, 0.2) is 0 Å². The van der Waals surface area contributed by atoms with E-state index in [0.717, 1.165) is 21.8 Å². The predicted molar refractivity (Wildman–Crippen MR) is 130 cm³/mol. The molecule has 0 fully saturated rings. The van der Waals surface area contributed by atoms with Gasteiger partial charge in [0.05, 0.1) is 15.7 Å². The number of thiazole rings is 1. The van der Waals surface area contributed by atoms with Crippen molar-refractivity contribution in [3.63, 3.8) is 0 Å². The molecule has 0 unspecified atom stereocenters. The molecular weight excluding hydrogens is 466 g/mol. The summed E-state index contributed by atoms with van der Waals surface area (Å²) in [7, 11) is -3.76. The third-order valence-corrected chi connectivity index (χ3v) is 8.39. The molecule has 0 atom stereocenters. The Hall–Kier alpha value is -2.26. The lowest BCUT2D eigenvalue weighted by Gasteiger charge is -2.19. The van der Waals surface area contributed by atoms with Crippen LogP contribution < -0.4 is 5.32 Å². The van der Waals surface area contributed by atoms with Crippen molar-refractivity contribution in [3.8, 4) is 11.3 Å². The molecular formula is C23H26ClN3O3S2. The van der Waals surface area contributed by atoms with Gasteiger partial charge in [-0.25, -0.2) is 13.4 Å². The molecule has 2 aromatic carbocycles. The number of hydrogen-bond acceptors (Lipinski definition) is 5.